The van der Waals surface area contributed by atoms with Gasteiger partial charge in [0.25, 0.3) is 0 Å². The molecule has 2 fully saturated rings. The fraction of sp³-hybridized carbons (Fsp3) is 0.485. The third-order valence-corrected chi connectivity index (χ3v) is 16.4. The van der Waals surface area contributed by atoms with Crippen molar-refractivity contribution in [2.75, 3.05) is 0 Å². The summed E-state index contributed by atoms with van der Waals surface area (Å²) in [7, 11) is 0. The number of rotatable bonds is 4. The summed E-state index contributed by atoms with van der Waals surface area (Å²) < 4.78 is 5.33. The molecule has 2 aromatic carbocycles. The minimum Gasteiger partial charge on any atom is -0.147 e. The van der Waals surface area contributed by atoms with Gasteiger partial charge in [-0.15, -0.1) is 24.8 Å². The van der Waals surface area contributed by atoms with Crippen LogP contribution in [0.4, 0.5) is 0 Å². The number of fused-ring (bicyclic) bond motifs is 3. The normalized spacial score (nSPS) is 19.1. The zero-order valence-electron chi connectivity index (χ0n) is 22.1. The molecule has 0 radical (unpaired) electrons. The van der Waals surface area contributed by atoms with Gasteiger partial charge < -0.3 is 0 Å². The molecular formula is C33H42Cl2Zr. The molecular weight excluding hydrogens is 558 g/mol. The van der Waals surface area contributed by atoms with E-state index in [1.54, 1.807) is 39.9 Å². The van der Waals surface area contributed by atoms with Crippen LogP contribution in [-0.4, -0.2) is 3.21 Å². The van der Waals surface area contributed by atoms with Gasteiger partial charge in [-0.2, -0.15) is 0 Å². The van der Waals surface area contributed by atoms with Gasteiger partial charge in [-0.25, -0.2) is 0 Å². The first-order valence-electron chi connectivity index (χ1n) is 14.0. The maximum Gasteiger partial charge on any atom is -0.147 e. The van der Waals surface area contributed by atoms with E-state index in [0.717, 1.165) is 18.3 Å². The van der Waals surface area contributed by atoms with E-state index in [9.17, 15) is 0 Å². The van der Waals surface area contributed by atoms with Crippen molar-refractivity contribution in [3.8, 4) is 11.1 Å². The van der Waals surface area contributed by atoms with E-state index >= 15 is 0 Å². The zero-order valence-corrected chi connectivity index (χ0v) is 26.2. The monoisotopic (exact) mass is 598 g/mol. The molecule has 0 bridgehead atoms. The molecule has 0 spiro atoms. The Bertz CT molecular complexity index is 1190. The first kappa shape index (κ1) is 28.3. The van der Waals surface area contributed by atoms with E-state index in [2.05, 4.69) is 62.4 Å². The van der Waals surface area contributed by atoms with E-state index in [4.69, 9.17) is 0 Å². The van der Waals surface area contributed by atoms with Crippen molar-refractivity contribution in [2.24, 2.45) is 0 Å². The molecule has 0 nitrogen and oxygen atoms in total. The second-order valence-electron chi connectivity index (χ2n) is 11.6. The Balaban J connectivity index is 0.00000152. The van der Waals surface area contributed by atoms with Crippen LogP contribution in [0.5, 0.6) is 0 Å². The third kappa shape index (κ3) is 5.51. The van der Waals surface area contributed by atoms with Crippen LogP contribution in [0.3, 0.4) is 0 Å². The molecule has 0 N–H and O–H groups in total. The molecule has 0 aromatic heterocycles. The number of hydrogen-bond donors (Lipinski definition) is 0. The molecule has 0 amide bonds. The summed E-state index contributed by atoms with van der Waals surface area (Å²) in [4.78, 5) is 0. The molecule has 0 unspecified atom stereocenters. The van der Waals surface area contributed by atoms with Crippen LogP contribution < -0.4 is 3.27 Å². The molecule has 3 heteroatoms. The quantitative estimate of drug-likeness (QED) is 0.280. The van der Waals surface area contributed by atoms with Crippen LogP contribution in [0, 0.1) is 0 Å². The Morgan fingerprint density at radius 2 is 1.39 bits per heavy atom. The first-order chi connectivity index (χ1) is 16.7. The summed E-state index contributed by atoms with van der Waals surface area (Å²) >= 11 is -2.03. The number of benzene rings is 2. The molecule has 4 aliphatic carbocycles. The molecule has 4 aliphatic rings. The minimum absolute atomic E-state index is 0. The molecule has 0 saturated heterocycles. The third-order valence-electron chi connectivity index (χ3n) is 9.08. The summed E-state index contributed by atoms with van der Waals surface area (Å²) in [5.74, 6) is 1.57. The van der Waals surface area contributed by atoms with Gasteiger partial charge in [0.05, 0.1) is 0 Å². The zero-order chi connectivity index (χ0) is 23.1. The maximum absolute atomic E-state index is 2.74. The summed E-state index contributed by atoms with van der Waals surface area (Å²) in [6, 6.07) is 13.0. The summed E-state index contributed by atoms with van der Waals surface area (Å²) in [5, 5.41) is 0. The van der Waals surface area contributed by atoms with Crippen molar-refractivity contribution in [1.82, 2.24) is 0 Å². The van der Waals surface area contributed by atoms with Crippen molar-refractivity contribution in [3.63, 3.8) is 0 Å². The Morgan fingerprint density at radius 3 is 2.00 bits per heavy atom. The number of halogens is 2. The van der Waals surface area contributed by atoms with Gasteiger partial charge in [0.15, 0.2) is 0 Å². The predicted molar refractivity (Wildman–Crippen MR) is 159 cm³/mol. The van der Waals surface area contributed by atoms with Crippen LogP contribution in [-0.2, 0) is 27.7 Å². The van der Waals surface area contributed by atoms with Crippen molar-refractivity contribution in [3.05, 3.63) is 74.1 Å². The molecule has 0 heterocycles. The van der Waals surface area contributed by atoms with Crippen LogP contribution in [0.2, 0.25) is 0 Å². The average Bonchev–Trinajstić information content (AvgIpc) is 3.53. The number of hydrogen-bond acceptors (Lipinski definition) is 0. The Kier molecular flexibility index (Phi) is 9.74. The molecule has 0 aliphatic heterocycles. The van der Waals surface area contributed by atoms with E-state index in [1.807, 2.05) is 3.27 Å². The van der Waals surface area contributed by atoms with Gasteiger partial charge in [-0.05, 0) is 0 Å². The first-order valence-corrected chi connectivity index (χ1v) is 17.7. The van der Waals surface area contributed by atoms with Gasteiger partial charge in [0.1, 0.15) is 0 Å². The van der Waals surface area contributed by atoms with Gasteiger partial charge in [-0.3, -0.25) is 0 Å². The van der Waals surface area contributed by atoms with E-state index < -0.39 is 21.3 Å². The SMILES string of the molecule is C[C](C)=[Zr]([C]1=CC=CC1)[c]1cc(C2CCCCC2)cc2c1Cc1ccc(C3CCCCC3)cc1-2.Cl.Cl. The average molecular weight is 601 g/mol. The van der Waals surface area contributed by atoms with Crippen molar-refractivity contribution >= 4 is 31.3 Å². The second kappa shape index (κ2) is 12.4. The summed E-state index contributed by atoms with van der Waals surface area (Å²) in [6.07, 6.45) is 23.6. The fourth-order valence-electron chi connectivity index (χ4n) is 7.30. The van der Waals surface area contributed by atoms with Gasteiger partial charge in [-0.1, -0.05) is 0 Å². The van der Waals surface area contributed by atoms with Gasteiger partial charge in [0, 0.05) is 0 Å². The molecule has 2 aromatic rings. The molecule has 192 valence electrons. The molecule has 6 rings (SSSR count). The van der Waals surface area contributed by atoms with Crippen molar-refractivity contribution in [1.29, 1.82) is 0 Å². The second-order valence-corrected chi connectivity index (χ2v) is 18.8. The van der Waals surface area contributed by atoms with Gasteiger partial charge >= 0.3 is 216 Å². The maximum atomic E-state index is 2.74. The fourth-order valence-corrected chi connectivity index (χ4v) is 14.5. The molecule has 36 heavy (non-hydrogen) atoms. The van der Waals surface area contributed by atoms with Gasteiger partial charge in [0.2, 0.25) is 0 Å². The smallest absolute Gasteiger partial charge is 0.147 e. The Morgan fingerprint density at radius 1 is 0.750 bits per heavy atom. The van der Waals surface area contributed by atoms with E-state index in [-0.39, 0.29) is 24.8 Å². The Labute approximate surface area is 239 Å². The molecule has 2 saturated carbocycles. The summed E-state index contributed by atoms with van der Waals surface area (Å²) in [5.41, 5.74) is 9.81. The number of allylic oxidation sites excluding steroid dienone is 4. The topological polar surface area (TPSA) is 0 Å². The van der Waals surface area contributed by atoms with Crippen molar-refractivity contribution < 1.29 is 21.3 Å². The van der Waals surface area contributed by atoms with E-state index in [1.165, 1.54) is 70.6 Å². The van der Waals surface area contributed by atoms with E-state index in [0.29, 0.717) is 0 Å². The van der Waals surface area contributed by atoms with Crippen LogP contribution in [0.25, 0.3) is 11.1 Å². The minimum atomic E-state index is -2.03. The standard InChI is InChI=1S/C25H29.C5H5.C3H6.2ClH.Zr/c1-3-7-18(8-4-1)20-11-13-22-15-23-14-12-21(17-25(23)24(22)16-20)19-9-5-2-6-10-19;1-2-4-5-3-1;1-3-2;;;/h11-13,16-19H,1-10,15H2;1-3H,4H2;1-2H3;2*1H;. The van der Waals surface area contributed by atoms with Crippen LogP contribution in [0.1, 0.15) is 119 Å². The van der Waals surface area contributed by atoms with Crippen LogP contribution in [0.15, 0.2) is 51.8 Å². The summed E-state index contributed by atoms with van der Waals surface area (Å²) in [6.45, 7) is 4.88. The van der Waals surface area contributed by atoms with Crippen molar-refractivity contribution in [2.45, 2.75) is 103 Å². The Hall–Kier alpha value is -0.747. The predicted octanol–water partition coefficient (Wildman–Crippen LogP) is 9.50. The molecule has 0 atom stereocenters. The largest absolute Gasteiger partial charge is 0.147 e. The van der Waals surface area contributed by atoms with Crippen LogP contribution >= 0.6 is 24.8 Å².